The number of hydrogen-bond acceptors (Lipinski definition) is 7. The lowest BCUT2D eigenvalue weighted by atomic mass is 10.0. The summed E-state index contributed by atoms with van der Waals surface area (Å²) in [5.74, 6) is -4.42. The van der Waals surface area contributed by atoms with Crippen LogP contribution in [0, 0.1) is 0 Å². The molecule has 2 rings (SSSR count). The normalized spacial score (nSPS) is 13.6. The molecule has 31 heavy (non-hydrogen) atoms. The number of amides is 2. The molecule has 0 aliphatic rings. The van der Waals surface area contributed by atoms with E-state index in [9.17, 15) is 29.4 Å². The van der Waals surface area contributed by atoms with E-state index < -0.39 is 48.3 Å². The summed E-state index contributed by atoms with van der Waals surface area (Å²) in [6.45, 7) is 0. The third-order valence-corrected chi connectivity index (χ3v) is 4.33. The number of H-pyrrole nitrogens is 1. The lowest BCUT2D eigenvalue weighted by Gasteiger charge is -2.22. The number of aromatic amines is 1. The van der Waals surface area contributed by atoms with E-state index in [0.29, 0.717) is 11.3 Å². The topological polar surface area (TPSA) is 208 Å². The van der Waals surface area contributed by atoms with Crippen LogP contribution in [0.2, 0.25) is 0 Å². The van der Waals surface area contributed by atoms with Gasteiger partial charge in [0, 0.05) is 18.3 Å². The second-order valence-electron chi connectivity index (χ2n) is 6.82. The van der Waals surface area contributed by atoms with Crippen LogP contribution in [-0.2, 0) is 32.0 Å². The predicted octanol–water partition coefficient (Wildman–Crippen LogP) is -1.24. The van der Waals surface area contributed by atoms with Gasteiger partial charge in [-0.2, -0.15) is 0 Å². The van der Waals surface area contributed by atoms with Crippen molar-refractivity contribution in [3.63, 3.8) is 0 Å². The molecule has 12 heteroatoms. The molecule has 1 heterocycles. The molecule has 0 saturated heterocycles. The number of benzene rings is 1. The van der Waals surface area contributed by atoms with E-state index in [1.165, 1.54) is 24.7 Å². The van der Waals surface area contributed by atoms with E-state index in [-0.39, 0.29) is 18.6 Å². The van der Waals surface area contributed by atoms with E-state index in [1.54, 1.807) is 12.1 Å². The number of nitrogens with two attached hydrogens (primary N) is 1. The number of rotatable bonds is 11. The van der Waals surface area contributed by atoms with E-state index in [2.05, 4.69) is 20.6 Å². The maximum Gasteiger partial charge on any atom is 0.326 e. The van der Waals surface area contributed by atoms with E-state index in [0.717, 1.165) is 0 Å². The van der Waals surface area contributed by atoms with Crippen LogP contribution in [0.4, 0.5) is 0 Å². The molecular weight excluding hydrogens is 410 g/mol. The van der Waals surface area contributed by atoms with E-state index in [4.69, 9.17) is 10.8 Å². The Morgan fingerprint density at radius 1 is 1.00 bits per heavy atom. The molecular formula is C19H23N5O7. The van der Waals surface area contributed by atoms with Crippen LogP contribution in [-0.4, -0.2) is 67.2 Å². The van der Waals surface area contributed by atoms with E-state index in [1.807, 2.05) is 0 Å². The number of carbonyl (C=O) groups excluding carboxylic acids is 2. The largest absolute Gasteiger partial charge is 0.508 e. The quantitative estimate of drug-likeness (QED) is 0.226. The van der Waals surface area contributed by atoms with Crippen molar-refractivity contribution in [3.8, 4) is 5.75 Å². The van der Waals surface area contributed by atoms with E-state index >= 15 is 0 Å². The molecule has 0 aliphatic heterocycles. The maximum atomic E-state index is 12.5. The van der Waals surface area contributed by atoms with Crippen molar-refractivity contribution in [1.82, 2.24) is 20.6 Å². The smallest absolute Gasteiger partial charge is 0.326 e. The average molecular weight is 433 g/mol. The van der Waals surface area contributed by atoms with Gasteiger partial charge >= 0.3 is 11.9 Å². The Bertz CT molecular complexity index is 914. The molecule has 3 atom stereocenters. The van der Waals surface area contributed by atoms with Gasteiger partial charge in [-0.1, -0.05) is 12.1 Å². The number of hydrogen-bond donors (Lipinski definition) is 7. The highest BCUT2D eigenvalue weighted by molar-refractivity contribution is 5.94. The van der Waals surface area contributed by atoms with Gasteiger partial charge in [-0.3, -0.25) is 14.4 Å². The maximum absolute atomic E-state index is 12.5. The molecule has 2 aromatic rings. The molecule has 1 aromatic heterocycles. The highest BCUT2D eigenvalue weighted by Gasteiger charge is 2.30. The molecule has 0 aliphatic carbocycles. The van der Waals surface area contributed by atoms with Gasteiger partial charge in [-0.05, 0) is 24.1 Å². The Balaban J connectivity index is 2.03. The molecule has 8 N–H and O–H groups in total. The number of phenolic OH excluding ortho intramolecular Hbond substituents is 1. The molecule has 166 valence electrons. The number of aromatic hydroxyl groups is 1. The SMILES string of the molecule is NC(Cc1ccc(O)cc1)C(=O)NC(CC(=O)O)C(=O)NC(Cc1cnc[nH]1)C(=O)O. The fourth-order valence-corrected chi connectivity index (χ4v) is 2.73. The Labute approximate surface area is 176 Å². The van der Waals surface area contributed by atoms with Gasteiger partial charge in [0.2, 0.25) is 11.8 Å². The third-order valence-electron chi connectivity index (χ3n) is 4.33. The summed E-state index contributed by atoms with van der Waals surface area (Å²) in [6.07, 6.45) is 1.93. The number of nitrogens with one attached hydrogen (secondary N) is 3. The van der Waals surface area contributed by atoms with Gasteiger partial charge in [0.15, 0.2) is 0 Å². The average Bonchev–Trinajstić information content (AvgIpc) is 3.21. The lowest BCUT2D eigenvalue weighted by Crippen LogP contribution is -2.55. The monoisotopic (exact) mass is 433 g/mol. The fraction of sp³-hybridized carbons (Fsp3) is 0.316. The summed E-state index contributed by atoms with van der Waals surface area (Å²) in [4.78, 5) is 54.0. The second-order valence-corrected chi connectivity index (χ2v) is 6.82. The predicted molar refractivity (Wildman–Crippen MR) is 106 cm³/mol. The number of phenols is 1. The van der Waals surface area contributed by atoms with Crippen LogP contribution in [0.15, 0.2) is 36.8 Å². The van der Waals surface area contributed by atoms with Crippen molar-refractivity contribution < 1.29 is 34.5 Å². The van der Waals surface area contributed by atoms with Gasteiger partial charge < -0.3 is 36.7 Å². The summed E-state index contributed by atoms with van der Waals surface area (Å²) < 4.78 is 0. The number of carboxylic acids is 2. The third kappa shape index (κ3) is 7.44. The highest BCUT2D eigenvalue weighted by Crippen LogP contribution is 2.11. The molecule has 12 nitrogen and oxygen atoms in total. The number of nitrogens with zero attached hydrogens (tertiary/aromatic N) is 1. The first-order valence-corrected chi connectivity index (χ1v) is 9.21. The van der Waals surface area contributed by atoms with Gasteiger partial charge in [-0.25, -0.2) is 9.78 Å². The number of aromatic nitrogens is 2. The van der Waals surface area contributed by atoms with Gasteiger partial charge in [0.05, 0.1) is 18.8 Å². The first kappa shape index (κ1) is 23.3. The minimum Gasteiger partial charge on any atom is -0.508 e. The first-order valence-electron chi connectivity index (χ1n) is 9.21. The molecule has 2 amide bonds. The van der Waals surface area contributed by atoms with Gasteiger partial charge in [0.25, 0.3) is 0 Å². The minimum absolute atomic E-state index is 0.0445. The Kier molecular flexibility index (Phi) is 8.09. The first-order chi connectivity index (χ1) is 14.7. The molecule has 3 unspecified atom stereocenters. The molecule has 0 spiro atoms. The van der Waals surface area contributed by atoms with Crippen LogP contribution in [0.5, 0.6) is 5.75 Å². The van der Waals surface area contributed by atoms with Crippen LogP contribution < -0.4 is 16.4 Å². The van der Waals surface area contributed by atoms with Crippen molar-refractivity contribution in [2.75, 3.05) is 0 Å². The summed E-state index contributed by atoms with van der Waals surface area (Å²) in [7, 11) is 0. The lowest BCUT2D eigenvalue weighted by molar-refractivity contribution is -0.143. The Hall–Kier alpha value is -3.93. The summed E-state index contributed by atoms with van der Waals surface area (Å²) >= 11 is 0. The van der Waals surface area contributed by atoms with Gasteiger partial charge in [-0.15, -0.1) is 0 Å². The van der Waals surface area contributed by atoms with Crippen LogP contribution in [0.3, 0.4) is 0 Å². The molecule has 0 bridgehead atoms. The molecule has 1 aromatic carbocycles. The zero-order chi connectivity index (χ0) is 23.0. The zero-order valence-electron chi connectivity index (χ0n) is 16.3. The van der Waals surface area contributed by atoms with Crippen molar-refractivity contribution in [1.29, 1.82) is 0 Å². The van der Waals surface area contributed by atoms with Crippen LogP contribution >= 0.6 is 0 Å². The summed E-state index contributed by atoms with van der Waals surface area (Å²) in [5.41, 5.74) is 6.94. The van der Waals surface area contributed by atoms with Crippen LogP contribution in [0.1, 0.15) is 17.7 Å². The van der Waals surface area contributed by atoms with Crippen molar-refractivity contribution in [2.24, 2.45) is 5.73 Å². The number of imidazole rings is 1. The molecule has 0 saturated carbocycles. The Morgan fingerprint density at radius 2 is 1.65 bits per heavy atom. The standard InChI is InChI=1S/C19H23N5O7/c20-13(5-10-1-3-12(25)4-2-10)17(28)23-14(7-16(26)27)18(29)24-15(19(30)31)6-11-8-21-9-22-11/h1-4,8-9,13-15,25H,5-7,20H2,(H,21,22)(H,23,28)(H,24,29)(H,26,27)(H,30,31). The van der Waals surface area contributed by atoms with Crippen molar-refractivity contribution in [3.05, 3.63) is 48.0 Å². The van der Waals surface area contributed by atoms with Gasteiger partial charge in [0.1, 0.15) is 17.8 Å². The number of carboxylic acid groups (broad SMARTS) is 2. The Morgan fingerprint density at radius 3 is 2.19 bits per heavy atom. The number of carbonyl (C=O) groups is 4. The van der Waals surface area contributed by atoms with Crippen molar-refractivity contribution in [2.45, 2.75) is 37.4 Å². The minimum atomic E-state index is -1.53. The molecule has 0 fully saturated rings. The summed E-state index contributed by atoms with van der Waals surface area (Å²) in [6, 6.07) is 1.98. The second kappa shape index (κ2) is 10.7. The van der Waals surface area contributed by atoms with Crippen molar-refractivity contribution >= 4 is 23.8 Å². The number of aliphatic carboxylic acids is 2. The summed E-state index contributed by atoms with van der Waals surface area (Å²) in [5, 5.41) is 32.2. The molecule has 0 radical (unpaired) electrons. The highest BCUT2D eigenvalue weighted by atomic mass is 16.4. The fourth-order valence-electron chi connectivity index (χ4n) is 2.73. The zero-order valence-corrected chi connectivity index (χ0v) is 16.3. The van der Waals surface area contributed by atoms with Crippen LogP contribution in [0.25, 0.3) is 0 Å².